The molecule has 3 heteroatoms. The van der Waals surface area contributed by atoms with Crippen LogP contribution in [0.25, 0.3) is 0 Å². The summed E-state index contributed by atoms with van der Waals surface area (Å²) in [6.07, 6.45) is 12.1. The number of allylic oxidation sites excluding steroid dienone is 4. The maximum Gasteiger partial charge on any atom is 0.159 e. The fourth-order valence-corrected chi connectivity index (χ4v) is 4.80. The van der Waals surface area contributed by atoms with Gasteiger partial charge < -0.3 is 4.90 Å². The van der Waals surface area contributed by atoms with Gasteiger partial charge in [0.05, 0.1) is 0 Å². The van der Waals surface area contributed by atoms with Crippen LogP contribution in [0.3, 0.4) is 0 Å². The molecule has 37 heavy (non-hydrogen) atoms. The van der Waals surface area contributed by atoms with Gasteiger partial charge >= 0.3 is 0 Å². The zero-order valence-electron chi connectivity index (χ0n) is 22.9. The number of aryl methyl sites for hydroxylation is 1. The first-order chi connectivity index (χ1) is 18.0. The number of amidine groups is 2. The summed E-state index contributed by atoms with van der Waals surface area (Å²) in [5.74, 6) is 2.34. The summed E-state index contributed by atoms with van der Waals surface area (Å²) in [7, 11) is 2.08. The molecule has 0 aliphatic carbocycles. The molecule has 3 nitrogen and oxygen atoms in total. The molecule has 2 atom stereocenters. The van der Waals surface area contributed by atoms with Crippen molar-refractivity contribution in [1.82, 2.24) is 4.90 Å². The number of hydrogen-bond donors (Lipinski definition) is 0. The van der Waals surface area contributed by atoms with E-state index in [4.69, 9.17) is 9.98 Å². The van der Waals surface area contributed by atoms with Crippen LogP contribution in [0, 0.1) is 19.8 Å². The van der Waals surface area contributed by atoms with Crippen LogP contribution >= 0.6 is 0 Å². The second-order valence-electron chi connectivity index (χ2n) is 10.0. The number of rotatable bonds is 9. The van der Waals surface area contributed by atoms with Crippen LogP contribution in [0.2, 0.25) is 0 Å². The first kappa shape index (κ1) is 26.3. The van der Waals surface area contributed by atoms with Crippen molar-refractivity contribution in [3.05, 3.63) is 130 Å². The minimum atomic E-state index is -0.135. The average molecular weight is 490 g/mol. The molecule has 0 fully saturated rings. The molecule has 0 amide bonds. The van der Waals surface area contributed by atoms with Gasteiger partial charge in [0.2, 0.25) is 0 Å². The Morgan fingerprint density at radius 1 is 0.919 bits per heavy atom. The van der Waals surface area contributed by atoms with Crippen molar-refractivity contribution in [3.63, 3.8) is 0 Å². The third-order valence-corrected chi connectivity index (χ3v) is 7.09. The van der Waals surface area contributed by atoms with Gasteiger partial charge in [-0.05, 0) is 67.0 Å². The molecule has 190 valence electrons. The molecule has 1 aliphatic heterocycles. The lowest BCUT2D eigenvalue weighted by Gasteiger charge is -2.32. The van der Waals surface area contributed by atoms with Crippen molar-refractivity contribution in [3.8, 4) is 0 Å². The van der Waals surface area contributed by atoms with Crippen LogP contribution < -0.4 is 0 Å². The summed E-state index contributed by atoms with van der Waals surface area (Å²) in [5, 5.41) is 0. The summed E-state index contributed by atoms with van der Waals surface area (Å²) in [6, 6.07) is 25.4. The molecule has 3 aromatic rings. The number of aliphatic imine (C=N–C) groups is 2. The molecule has 2 unspecified atom stereocenters. The Hall–Kier alpha value is -3.72. The third kappa shape index (κ3) is 6.54. The summed E-state index contributed by atoms with van der Waals surface area (Å²) in [6.45, 7) is 8.91. The maximum atomic E-state index is 5.16. The summed E-state index contributed by atoms with van der Waals surface area (Å²) in [4.78, 5) is 12.4. The van der Waals surface area contributed by atoms with Crippen molar-refractivity contribution in [2.45, 2.75) is 53.1 Å². The van der Waals surface area contributed by atoms with Crippen molar-refractivity contribution < 1.29 is 0 Å². The Morgan fingerprint density at radius 3 is 2.32 bits per heavy atom. The first-order valence-corrected chi connectivity index (χ1v) is 13.4. The SMILES string of the molecule is CCCC(C)/C=C\C=C/Cc1cc(C2=NC(c3ccccc3)N(C)C(c3ccccc3)=N2)cc(C)c1C. The Kier molecular flexibility index (Phi) is 8.90. The van der Waals surface area contributed by atoms with Crippen LogP contribution in [-0.4, -0.2) is 23.6 Å². The van der Waals surface area contributed by atoms with Crippen LogP contribution in [-0.2, 0) is 6.42 Å². The summed E-state index contributed by atoms with van der Waals surface area (Å²) >= 11 is 0. The van der Waals surface area contributed by atoms with Crippen molar-refractivity contribution in [2.24, 2.45) is 15.9 Å². The Bertz CT molecular complexity index is 1300. The fourth-order valence-electron chi connectivity index (χ4n) is 4.80. The number of benzene rings is 3. The van der Waals surface area contributed by atoms with Crippen LogP contribution in [0.15, 0.2) is 107 Å². The van der Waals surface area contributed by atoms with Crippen molar-refractivity contribution in [2.75, 3.05) is 7.05 Å². The predicted octanol–water partition coefficient (Wildman–Crippen LogP) is 8.23. The van der Waals surface area contributed by atoms with E-state index in [1.54, 1.807) is 0 Å². The van der Waals surface area contributed by atoms with Gasteiger partial charge in [-0.25, -0.2) is 9.98 Å². The second-order valence-corrected chi connectivity index (χ2v) is 10.0. The zero-order valence-corrected chi connectivity index (χ0v) is 22.9. The molecule has 0 spiro atoms. The molecule has 0 aromatic heterocycles. The molecule has 1 heterocycles. The van der Waals surface area contributed by atoms with Gasteiger partial charge in [-0.15, -0.1) is 0 Å². The highest BCUT2D eigenvalue weighted by atomic mass is 15.3. The largest absolute Gasteiger partial charge is 0.333 e. The van der Waals surface area contributed by atoms with Gasteiger partial charge in [0.25, 0.3) is 0 Å². The first-order valence-electron chi connectivity index (χ1n) is 13.4. The Balaban J connectivity index is 1.69. The number of hydrogen-bond acceptors (Lipinski definition) is 3. The molecule has 0 saturated heterocycles. The van der Waals surface area contributed by atoms with E-state index in [9.17, 15) is 0 Å². The van der Waals surface area contributed by atoms with Gasteiger partial charge in [0.1, 0.15) is 12.0 Å². The van der Waals surface area contributed by atoms with E-state index in [-0.39, 0.29) is 6.17 Å². The molecule has 0 radical (unpaired) electrons. The van der Waals surface area contributed by atoms with E-state index in [0.29, 0.717) is 5.92 Å². The number of nitrogens with zero attached hydrogens (tertiary/aromatic N) is 3. The quantitative estimate of drug-likeness (QED) is 0.278. The van der Waals surface area contributed by atoms with Gasteiger partial charge in [-0.2, -0.15) is 0 Å². The molecular formula is C34H39N3. The lowest BCUT2D eigenvalue weighted by molar-refractivity contribution is 0.383. The lowest BCUT2D eigenvalue weighted by Crippen LogP contribution is -2.35. The molecule has 0 saturated carbocycles. The van der Waals surface area contributed by atoms with Gasteiger partial charge in [-0.1, -0.05) is 105 Å². The molecule has 1 aliphatic rings. The van der Waals surface area contributed by atoms with Crippen LogP contribution in [0.1, 0.15) is 66.2 Å². The monoisotopic (exact) mass is 489 g/mol. The normalized spacial score (nSPS) is 16.8. The van der Waals surface area contributed by atoms with E-state index in [1.807, 2.05) is 12.1 Å². The Morgan fingerprint density at radius 2 is 1.62 bits per heavy atom. The smallest absolute Gasteiger partial charge is 0.159 e. The Labute approximate surface area is 223 Å². The third-order valence-electron chi connectivity index (χ3n) is 7.09. The molecular weight excluding hydrogens is 450 g/mol. The van der Waals surface area contributed by atoms with E-state index in [0.717, 1.165) is 34.8 Å². The topological polar surface area (TPSA) is 28.0 Å². The van der Waals surface area contributed by atoms with Crippen molar-refractivity contribution >= 4 is 11.7 Å². The minimum absolute atomic E-state index is 0.135. The molecule has 3 aromatic carbocycles. The lowest BCUT2D eigenvalue weighted by atomic mass is 9.96. The highest BCUT2D eigenvalue weighted by molar-refractivity contribution is 6.13. The van der Waals surface area contributed by atoms with E-state index < -0.39 is 0 Å². The zero-order chi connectivity index (χ0) is 26.2. The molecule has 0 bridgehead atoms. The van der Waals surface area contributed by atoms with Crippen LogP contribution in [0.4, 0.5) is 0 Å². The highest BCUT2D eigenvalue weighted by Crippen LogP contribution is 2.29. The van der Waals surface area contributed by atoms with E-state index in [2.05, 4.69) is 125 Å². The highest BCUT2D eigenvalue weighted by Gasteiger charge is 2.26. The van der Waals surface area contributed by atoms with E-state index in [1.165, 1.54) is 29.5 Å². The van der Waals surface area contributed by atoms with Gasteiger partial charge in [0, 0.05) is 18.2 Å². The molecule has 0 N–H and O–H groups in total. The van der Waals surface area contributed by atoms with E-state index >= 15 is 0 Å². The molecule has 4 rings (SSSR count). The van der Waals surface area contributed by atoms with Gasteiger partial charge in [-0.3, -0.25) is 0 Å². The second kappa shape index (κ2) is 12.5. The van der Waals surface area contributed by atoms with Gasteiger partial charge in [0.15, 0.2) is 5.84 Å². The minimum Gasteiger partial charge on any atom is -0.333 e. The average Bonchev–Trinajstić information content (AvgIpc) is 2.92. The van der Waals surface area contributed by atoms with Crippen molar-refractivity contribution in [1.29, 1.82) is 0 Å². The maximum absolute atomic E-state index is 5.16. The summed E-state index contributed by atoms with van der Waals surface area (Å²) < 4.78 is 0. The van der Waals surface area contributed by atoms with Crippen LogP contribution in [0.5, 0.6) is 0 Å². The fraction of sp³-hybridized carbons (Fsp3) is 0.294. The summed E-state index contributed by atoms with van der Waals surface area (Å²) in [5.41, 5.74) is 7.23. The standard InChI is InChI=1S/C34H39N3/c1-6-16-25(2)17-10-7-15-22-30-24-31(23-26(3)27(30)4)32-35-33(28-18-11-8-12-19-28)37(5)34(36-32)29-20-13-9-14-21-29/h7-15,17-21,23-25,33H,6,16,22H2,1-5H3/b15-7-,17-10-. The predicted molar refractivity (Wildman–Crippen MR) is 158 cm³/mol.